The van der Waals surface area contributed by atoms with Crippen LogP contribution in [0.25, 0.3) is 0 Å². The highest BCUT2D eigenvalue weighted by Crippen LogP contribution is 2.38. The quantitative estimate of drug-likeness (QED) is 0.155. The third-order valence-corrected chi connectivity index (χ3v) is 7.14. The molecule has 2 rings (SSSR count). The van der Waals surface area contributed by atoms with Gasteiger partial charge in [0.25, 0.3) is 0 Å². The fourth-order valence-corrected chi connectivity index (χ4v) is 5.31. The monoisotopic (exact) mass is 510 g/mol. The van der Waals surface area contributed by atoms with Gasteiger partial charge in [0.05, 0.1) is 12.4 Å². The van der Waals surface area contributed by atoms with Gasteiger partial charge in [0.1, 0.15) is 5.69 Å². The minimum absolute atomic E-state index is 0. The predicted molar refractivity (Wildman–Crippen MR) is 141 cm³/mol. The highest BCUT2D eigenvalue weighted by Gasteiger charge is 2.24. The van der Waals surface area contributed by atoms with Crippen molar-refractivity contribution in [3.05, 3.63) is 40.7 Å². The summed E-state index contributed by atoms with van der Waals surface area (Å²) in [6.07, 6.45) is 20.0. The van der Waals surface area contributed by atoms with Gasteiger partial charge in [0, 0.05) is 16.8 Å². The van der Waals surface area contributed by atoms with Gasteiger partial charge >= 0.3 is 0 Å². The van der Waals surface area contributed by atoms with E-state index in [9.17, 15) is 4.79 Å². The first-order valence-electron chi connectivity index (χ1n) is 12.3. The minimum atomic E-state index is 0. The molecule has 1 aliphatic heterocycles. The Morgan fingerprint density at radius 3 is 2.13 bits per heavy atom. The number of hydrogen-bond acceptors (Lipinski definition) is 4. The summed E-state index contributed by atoms with van der Waals surface area (Å²) in [7, 11) is 0. The lowest BCUT2D eigenvalue weighted by Crippen LogP contribution is -2.27. The van der Waals surface area contributed by atoms with Crippen LogP contribution in [0.5, 0.6) is 0 Å². The lowest BCUT2D eigenvalue weighted by Gasteiger charge is -2.21. The summed E-state index contributed by atoms with van der Waals surface area (Å²) < 4.78 is 0. The molecule has 2 heterocycles. The van der Waals surface area contributed by atoms with E-state index >= 15 is 0 Å². The maximum atomic E-state index is 12.7. The van der Waals surface area contributed by atoms with Crippen molar-refractivity contribution in [2.24, 2.45) is 0 Å². The van der Waals surface area contributed by atoms with Gasteiger partial charge in [-0.2, -0.15) is 0 Å². The maximum absolute atomic E-state index is 12.7. The first-order chi connectivity index (χ1) is 14.8. The molecule has 0 aliphatic carbocycles. The van der Waals surface area contributed by atoms with Crippen molar-refractivity contribution in [3.8, 4) is 0 Å². The molecular weight excluding hydrogens is 468 g/mol. The summed E-state index contributed by atoms with van der Waals surface area (Å²) in [6.45, 7) is 5.01. The number of Topliss-reactive ketones (excluding diaryl/α,β-unsaturated/α-hetero) is 1. The molecule has 0 saturated heterocycles. The Balaban J connectivity index is 0.00000480. The molecule has 0 aromatic carbocycles. The van der Waals surface area contributed by atoms with Gasteiger partial charge in [-0.15, -0.1) is 28.7 Å². The van der Waals surface area contributed by atoms with E-state index in [0.717, 1.165) is 12.3 Å². The molecule has 1 aromatic rings. The number of carbonyl (C=O) groups is 1. The standard InChI is InChI=1S/C26H42N2OS.BrH/c1-3-5-7-9-11-13-18-24-26(19-14-12-10-8-6-4-2)30-22-28(24)21-25(29)23-17-15-16-20-27-23;/h15-17,20H,3-14,18-19,21-22H2,1-2H3;1H. The van der Waals surface area contributed by atoms with E-state index in [4.69, 9.17) is 0 Å². The second-order valence-electron chi connectivity index (χ2n) is 8.51. The maximum Gasteiger partial charge on any atom is 0.200 e. The molecule has 176 valence electrons. The highest BCUT2D eigenvalue weighted by molar-refractivity contribution is 8.93. The number of rotatable bonds is 17. The zero-order valence-electron chi connectivity index (χ0n) is 19.7. The first kappa shape index (κ1) is 28.2. The Hall–Kier alpha value is -0.810. The molecule has 0 bridgehead atoms. The van der Waals surface area contributed by atoms with E-state index in [1.807, 2.05) is 30.0 Å². The van der Waals surface area contributed by atoms with Gasteiger partial charge in [-0.25, -0.2) is 0 Å². The number of hydrogen-bond donors (Lipinski definition) is 0. The second-order valence-corrected chi connectivity index (χ2v) is 9.55. The van der Waals surface area contributed by atoms with E-state index < -0.39 is 0 Å². The van der Waals surface area contributed by atoms with Gasteiger partial charge in [-0.3, -0.25) is 9.78 Å². The number of unbranched alkanes of at least 4 members (excludes halogenated alkanes) is 10. The fraction of sp³-hybridized carbons (Fsp3) is 0.692. The van der Waals surface area contributed by atoms with E-state index in [1.165, 1.54) is 89.2 Å². The van der Waals surface area contributed by atoms with Crippen molar-refractivity contribution in [2.75, 3.05) is 12.4 Å². The zero-order valence-corrected chi connectivity index (χ0v) is 22.3. The first-order valence-corrected chi connectivity index (χ1v) is 13.3. The van der Waals surface area contributed by atoms with Crippen LogP contribution in [0, 0.1) is 0 Å². The molecule has 3 nitrogen and oxygen atoms in total. The van der Waals surface area contributed by atoms with Crippen molar-refractivity contribution in [1.82, 2.24) is 9.88 Å². The van der Waals surface area contributed by atoms with Crippen LogP contribution in [0.4, 0.5) is 0 Å². The van der Waals surface area contributed by atoms with Crippen molar-refractivity contribution in [3.63, 3.8) is 0 Å². The third kappa shape index (κ3) is 11.1. The van der Waals surface area contributed by atoms with Crippen LogP contribution in [0.1, 0.15) is 114 Å². The van der Waals surface area contributed by atoms with Gasteiger partial charge < -0.3 is 4.90 Å². The molecule has 1 aliphatic rings. The van der Waals surface area contributed by atoms with Crippen LogP contribution in [0.2, 0.25) is 0 Å². The van der Waals surface area contributed by atoms with Crippen molar-refractivity contribution < 1.29 is 4.79 Å². The molecule has 0 N–H and O–H groups in total. The second kappa shape index (κ2) is 17.7. The Kier molecular flexibility index (Phi) is 16.1. The third-order valence-electron chi connectivity index (χ3n) is 5.91. The van der Waals surface area contributed by atoms with Gasteiger partial charge in [-0.05, 0) is 37.8 Å². The molecular formula is C26H43BrN2OS. The van der Waals surface area contributed by atoms with E-state index in [0.29, 0.717) is 12.2 Å². The van der Waals surface area contributed by atoms with Gasteiger partial charge in [-0.1, -0.05) is 84.1 Å². The molecule has 0 atom stereocenters. The smallest absolute Gasteiger partial charge is 0.200 e. The molecule has 0 radical (unpaired) electrons. The molecule has 0 spiro atoms. The Morgan fingerprint density at radius 1 is 0.903 bits per heavy atom. The van der Waals surface area contributed by atoms with Crippen molar-refractivity contribution in [1.29, 1.82) is 0 Å². The topological polar surface area (TPSA) is 33.2 Å². The molecule has 0 amide bonds. The summed E-state index contributed by atoms with van der Waals surface area (Å²) in [4.78, 5) is 20.9. The molecule has 5 heteroatoms. The van der Waals surface area contributed by atoms with Crippen LogP contribution >= 0.6 is 28.7 Å². The van der Waals surface area contributed by atoms with Gasteiger partial charge in [0.15, 0.2) is 5.78 Å². The van der Waals surface area contributed by atoms with Gasteiger partial charge in [0.2, 0.25) is 0 Å². The summed E-state index contributed by atoms with van der Waals surface area (Å²) in [5.41, 5.74) is 2.04. The SMILES string of the molecule is Br.CCCCCCCCC1=C(CCCCCCCC)N(CC(=O)c2ccccn2)CS1. The van der Waals surface area contributed by atoms with Crippen molar-refractivity contribution in [2.45, 2.75) is 104 Å². The molecule has 0 fully saturated rings. The number of halogens is 1. The largest absolute Gasteiger partial charge is 0.357 e. The number of allylic oxidation sites excluding steroid dienone is 2. The highest BCUT2D eigenvalue weighted by atomic mass is 79.9. The summed E-state index contributed by atoms with van der Waals surface area (Å²) in [6, 6.07) is 5.60. The Bertz CT molecular complexity index is 636. The number of ketones is 1. The van der Waals surface area contributed by atoms with E-state index in [2.05, 4.69) is 23.7 Å². The summed E-state index contributed by atoms with van der Waals surface area (Å²) in [5.74, 6) is 1.06. The Morgan fingerprint density at radius 2 is 1.52 bits per heavy atom. The average Bonchev–Trinajstić information content (AvgIpc) is 3.15. The Labute approximate surface area is 205 Å². The van der Waals surface area contributed by atoms with Crippen LogP contribution in [0.3, 0.4) is 0 Å². The summed E-state index contributed by atoms with van der Waals surface area (Å²) in [5, 5.41) is 0. The number of pyridine rings is 1. The van der Waals surface area contributed by atoms with E-state index in [1.54, 1.807) is 11.1 Å². The minimum Gasteiger partial charge on any atom is -0.357 e. The van der Waals surface area contributed by atoms with Crippen molar-refractivity contribution >= 4 is 34.5 Å². The van der Waals surface area contributed by atoms with Crippen LogP contribution in [-0.2, 0) is 0 Å². The molecule has 31 heavy (non-hydrogen) atoms. The van der Waals surface area contributed by atoms with E-state index in [-0.39, 0.29) is 22.8 Å². The molecule has 0 saturated carbocycles. The van der Waals surface area contributed by atoms with Crippen LogP contribution in [0.15, 0.2) is 35.0 Å². The molecule has 1 aromatic heterocycles. The number of nitrogens with zero attached hydrogens (tertiary/aromatic N) is 2. The normalized spacial score (nSPS) is 13.5. The molecule has 0 unspecified atom stereocenters. The average molecular weight is 512 g/mol. The zero-order chi connectivity index (χ0) is 21.4. The fourth-order valence-electron chi connectivity index (χ4n) is 4.07. The lowest BCUT2D eigenvalue weighted by molar-refractivity contribution is 0.0952. The predicted octanol–water partition coefficient (Wildman–Crippen LogP) is 8.56. The lowest BCUT2D eigenvalue weighted by atomic mass is 10.1. The summed E-state index contributed by atoms with van der Waals surface area (Å²) >= 11 is 1.97. The number of aromatic nitrogens is 1. The number of carbonyl (C=O) groups excluding carboxylic acids is 1. The van der Waals surface area contributed by atoms with Crippen LogP contribution in [-0.4, -0.2) is 28.1 Å². The van der Waals surface area contributed by atoms with Crippen LogP contribution < -0.4 is 0 Å². The number of thioether (sulfide) groups is 1.